The fourth-order valence-electron chi connectivity index (χ4n) is 1.15. The number of rotatable bonds is 4. The number of ether oxygens (including phenoxy) is 1. The molecule has 1 fully saturated rings. The van der Waals surface area contributed by atoms with E-state index in [0.29, 0.717) is 11.6 Å². The molecule has 1 aromatic rings. The van der Waals surface area contributed by atoms with Gasteiger partial charge in [0.25, 0.3) is 0 Å². The number of hydrogen-bond acceptors (Lipinski definition) is 3. The molecule has 1 aromatic carbocycles. The Morgan fingerprint density at radius 3 is 2.75 bits per heavy atom. The molecule has 1 aliphatic rings. The second kappa shape index (κ2) is 4.50. The molecule has 7 heteroatoms. The molecule has 0 spiro atoms. The molecule has 0 unspecified atom stereocenters. The third-order valence-corrected chi connectivity index (χ3v) is 4.23. The normalized spacial score (nSPS) is 19.8. The highest BCUT2D eigenvalue weighted by Gasteiger charge is 2.26. The summed E-state index contributed by atoms with van der Waals surface area (Å²) in [5, 5.41) is 0.473. The first-order valence-electron chi connectivity index (χ1n) is 4.55. The van der Waals surface area contributed by atoms with E-state index in [1.807, 2.05) is 0 Å². The minimum atomic E-state index is -3.61. The van der Waals surface area contributed by atoms with Gasteiger partial charge in [-0.2, -0.15) is 0 Å². The van der Waals surface area contributed by atoms with Crippen LogP contribution in [-0.4, -0.2) is 27.7 Å². The van der Waals surface area contributed by atoms with Gasteiger partial charge < -0.3 is 4.74 Å². The number of nitrogens with one attached hydrogen (secondary N) is 1. The van der Waals surface area contributed by atoms with Crippen LogP contribution in [0.3, 0.4) is 0 Å². The molecule has 0 amide bonds. The van der Waals surface area contributed by atoms with E-state index in [2.05, 4.69) is 4.72 Å². The molecule has 0 aromatic heterocycles. The van der Waals surface area contributed by atoms with Crippen LogP contribution >= 0.6 is 23.2 Å². The smallest absolute Gasteiger partial charge is 0.242 e. The van der Waals surface area contributed by atoms with Gasteiger partial charge in [0.05, 0.1) is 17.7 Å². The Bertz CT molecular complexity index is 499. The first-order valence-corrected chi connectivity index (χ1v) is 6.79. The molecule has 1 heterocycles. The number of benzene rings is 1. The average Bonchev–Trinajstić information content (AvgIpc) is 3.02. The fraction of sp³-hybridized carbons (Fsp3) is 0.333. The Hall–Kier alpha value is -0.330. The van der Waals surface area contributed by atoms with E-state index in [1.54, 1.807) is 0 Å². The summed E-state index contributed by atoms with van der Waals surface area (Å²) in [5.74, 6) is 0. The zero-order chi connectivity index (χ0) is 11.8. The summed E-state index contributed by atoms with van der Waals surface area (Å²) >= 11 is 11.5. The Morgan fingerprint density at radius 2 is 2.12 bits per heavy atom. The van der Waals surface area contributed by atoms with Crippen molar-refractivity contribution >= 4 is 33.2 Å². The molecular weight excluding hydrogens is 273 g/mol. The van der Waals surface area contributed by atoms with Gasteiger partial charge in [-0.25, -0.2) is 13.1 Å². The van der Waals surface area contributed by atoms with Gasteiger partial charge in [-0.15, -0.1) is 0 Å². The highest BCUT2D eigenvalue weighted by molar-refractivity contribution is 7.89. The number of epoxide rings is 1. The summed E-state index contributed by atoms with van der Waals surface area (Å²) in [4.78, 5) is -0.0117. The second-order valence-corrected chi connectivity index (χ2v) is 5.96. The standard InChI is InChI=1S/C9H9Cl2NO3S/c10-6-1-2-8(11)9(3-6)16(13,14)12-4-7-5-15-7/h1-3,7,12H,4-5H2/t7-/m1/s1. The SMILES string of the molecule is O=S(=O)(NC[C@@H]1CO1)c1cc(Cl)ccc1Cl. The van der Waals surface area contributed by atoms with E-state index in [9.17, 15) is 8.42 Å². The van der Waals surface area contributed by atoms with Gasteiger partial charge in [0.15, 0.2) is 0 Å². The predicted molar refractivity (Wildman–Crippen MR) is 61.4 cm³/mol. The van der Waals surface area contributed by atoms with Crippen LogP contribution in [0.2, 0.25) is 10.0 Å². The van der Waals surface area contributed by atoms with Crippen LogP contribution in [0.25, 0.3) is 0 Å². The monoisotopic (exact) mass is 281 g/mol. The van der Waals surface area contributed by atoms with Crippen molar-refractivity contribution in [2.24, 2.45) is 0 Å². The molecule has 1 atom stereocenters. The van der Waals surface area contributed by atoms with Gasteiger partial charge >= 0.3 is 0 Å². The molecule has 1 saturated heterocycles. The maximum atomic E-state index is 11.8. The van der Waals surface area contributed by atoms with Crippen LogP contribution in [0, 0.1) is 0 Å². The largest absolute Gasteiger partial charge is 0.372 e. The van der Waals surface area contributed by atoms with Crippen molar-refractivity contribution in [1.29, 1.82) is 0 Å². The van der Waals surface area contributed by atoms with E-state index >= 15 is 0 Å². The maximum absolute atomic E-state index is 11.8. The van der Waals surface area contributed by atoms with E-state index in [0.717, 1.165) is 0 Å². The molecular formula is C9H9Cl2NO3S. The van der Waals surface area contributed by atoms with Gasteiger partial charge in [0.2, 0.25) is 10.0 Å². The fourth-order valence-corrected chi connectivity index (χ4v) is 2.98. The number of halogens is 2. The first kappa shape index (κ1) is 12.1. The van der Waals surface area contributed by atoms with Crippen molar-refractivity contribution in [2.45, 2.75) is 11.0 Å². The topological polar surface area (TPSA) is 58.7 Å². The third kappa shape index (κ3) is 2.87. The average molecular weight is 282 g/mol. The lowest BCUT2D eigenvalue weighted by atomic mass is 10.4. The summed E-state index contributed by atoms with van der Waals surface area (Å²) in [6.07, 6.45) is -0.0206. The van der Waals surface area contributed by atoms with E-state index in [1.165, 1.54) is 18.2 Å². The van der Waals surface area contributed by atoms with Crippen LogP contribution in [0.15, 0.2) is 23.1 Å². The number of hydrogen-bond donors (Lipinski definition) is 1. The Morgan fingerprint density at radius 1 is 1.44 bits per heavy atom. The lowest BCUT2D eigenvalue weighted by Crippen LogP contribution is -2.27. The molecule has 1 N–H and O–H groups in total. The van der Waals surface area contributed by atoms with Crippen LogP contribution < -0.4 is 4.72 Å². The Labute approximate surface area is 104 Å². The molecule has 0 radical (unpaired) electrons. The van der Waals surface area contributed by atoms with Crippen molar-refractivity contribution in [3.8, 4) is 0 Å². The summed E-state index contributed by atoms with van der Waals surface area (Å²) in [5.41, 5.74) is 0. The Balaban J connectivity index is 2.22. The minimum Gasteiger partial charge on any atom is -0.372 e. The maximum Gasteiger partial charge on any atom is 0.242 e. The van der Waals surface area contributed by atoms with E-state index in [4.69, 9.17) is 27.9 Å². The van der Waals surface area contributed by atoms with Gasteiger partial charge in [-0.3, -0.25) is 0 Å². The molecule has 88 valence electrons. The second-order valence-electron chi connectivity index (χ2n) is 3.38. The highest BCUT2D eigenvalue weighted by atomic mass is 35.5. The quantitative estimate of drug-likeness (QED) is 0.855. The van der Waals surface area contributed by atoms with Crippen LogP contribution in [-0.2, 0) is 14.8 Å². The van der Waals surface area contributed by atoms with Crippen molar-refractivity contribution in [2.75, 3.05) is 13.2 Å². The molecule has 0 saturated carbocycles. The summed E-state index contributed by atoms with van der Waals surface area (Å²) in [6.45, 7) is 0.844. The lowest BCUT2D eigenvalue weighted by molar-refractivity contribution is 0.406. The summed E-state index contributed by atoms with van der Waals surface area (Å²) in [6, 6.07) is 4.30. The highest BCUT2D eigenvalue weighted by Crippen LogP contribution is 2.24. The van der Waals surface area contributed by atoms with Gasteiger partial charge in [-0.1, -0.05) is 23.2 Å². The molecule has 2 rings (SSSR count). The van der Waals surface area contributed by atoms with E-state index in [-0.39, 0.29) is 22.6 Å². The third-order valence-electron chi connectivity index (χ3n) is 2.09. The lowest BCUT2D eigenvalue weighted by Gasteiger charge is -2.07. The van der Waals surface area contributed by atoms with Crippen LogP contribution in [0.5, 0.6) is 0 Å². The molecule has 16 heavy (non-hydrogen) atoms. The summed E-state index contributed by atoms with van der Waals surface area (Å²) < 4.78 is 31.0. The first-order chi connectivity index (χ1) is 7.49. The Kier molecular flexibility index (Phi) is 3.42. The molecule has 0 aliphatic carbocycles. The molecule has 1 aliphatic heterocycles. The number of sulfonamides is 1. The van der Waals surface area contributed by atoms with Crippen molar-refractivity contribution in [1.82, 2.24) is 4.72 Å². The minimum absolute atomic E-state index is 0.0117. The predicted octanol–water partition coefficient (Wildman–Crippen LogP) is 1.67. The van der Waals surface area contributed by atoms with Crippen LogP contribution in [0.1, 0.15) is 0 Å². The van der Waals surface area contributed by atoms with Gasteiger partial charge in [-0.05, 0) is 18.2 Å². The molecule has 4 nitrogen and oxygen atoms in total. The van der Waals surface area contributed by atoms with E-state index < -0.39 is 10.0 Å². The van der Waals surface area contributed by atoms with Crippen molar-refractivity contribution < 1.29 is 13.2 Å². The van der Waals surface area contributed by atoms with Crippen LogP contribution in [0.4, 0.5) is 0 Å². The summed E-state index contributed by atoms with van der Waals surface area (Å²) in [7, 11) is -3.61. The van der Waals surface area contributed by atoms with Gasteiger partial charge in [0, 0.05) is 11.6 Å². The van der Waals surface area contributed by atoms with Gasteiger partial charge in [0.1, 0.15) is 4.90 Å². The zero-order valence-electron chi connectivity index (χ0n) is 8.11. The van der Waals surface area contributed by atoms with Crippen molar-refractivity contribution in [3.05, 3.63) is 28.2 Å². The van der Waals surface area contributed by atoms with Crippen molar-refractivity contribution in [3.63, 3.8) is 0 Å². The zero-order valence-corrected chi connectivity index (χ0v) is 10.4. The molecule has 0 bridgehead atoms.